The maximum Gasteiger partial charge on any atom is 0.433 e. The Kier molecular flexibility index (Phi) is 4.76. The van der Waals surface area contributed by atoms with Crippen LogP contribution in [0.2, 0.25) is 0 Å². The van der Waals surface area contributed by atoms with Crippen LogP contribution in [0.25, 0.3) is 5.65 Å². The van der Waals surface area contributed by atoms with Crippen LogP contribution in [0.1, 0.15) is 41.5 Å². The highest BCUT2D eigenvalue weighted by Crippen LogP contribution is 2.34. The number of amides is 1. The van der Waals surface area contributed by atoms with Crippen molar-refractivity contribution < 1.29 is 22.4 Å². The summed E-state index contributed by atoms with van der Waals surface area (Å²) in [6.07, 6.45) is -3.42. The van der Waals surface area contributed by atoms with Crippen molar-refractivity contribution in [2.75, 3.05) is 6.54 Å². The van der Waals surface area contributed by atoms with E-state index < -0.39 is 23.7 Å². The molecule has 1 atom stereocenters. The summed E-state index contributed by atoms with van der Waals surface area (Å²) in [6, 6.07) is 8.01. The number of carbonyl (C=O) groups is 1. The van der Waals surface area contributed by atoms with Crippen LogP contribution in [0.3, 0.4) is 0 Å². The summed E-state index contributed by atoms with van der Waals surface area (Å²) in [6.45, 7) is 1.94. The molecule has 1 amide bonds. The molecule has 1 fully saturated rings. The molecule has 1 saturated heterocycles. The molecule has 0 saturated carbocycles. The highest BCUT2D eigenvalue weighted by Gasteiger charge is 2.37. The zero-order chi connectivity index (χ0) is 20.8. The average Bonchev–Trinajstić information content (AvgIpc) is 3.28. The SMILES string of the molecule is Cc1cc(C(F)(F)F)n2nc([C@H]3CCCN3C(=O)Cc3ccccc3F)cc2n1. The molecule has 0 aliphatic carbocycles. The smallest absolute Gasteiger partial charge is 0.334 e. The fraction of sp³-hybridized carbons (Fsp3) is 0.350. The Morgan fingerprint density at radius 2 is 2.00 bits per heavy atom. The minimum Gasteiger partial charge on any atom is -0.334 e. The molecule has 0 N–H and O–H groups in total. The van der Waals surface area contributed by atoms with Crippen LogP contribution in [-0.2, 0) is 17.4 Å². The van der Waals surface area contributed by atoms with Crippen molar-refractivity contribution in [2.24, 2.45) is 0 Å². The fourth-order valence-electron chi connectivity index (χ4n) is 3.76. The molecule has 1 aromatic carbocycles. The zero-order valence-electron chi connectivity index (χ0n) is 15.6. The summed E-state index contributed by atoms with van der Waals surface area (Å²) in [5.74, 6) is -0.742. The van der Waals surface area contributed by atoms with Crippen LogP contribution in [0.5, 0.6) is 0 Å². The van der Waals surface area contributed by atoms with Crippen molar-refractivity contribution >= 4 is 11.6 Å². The molecular weight excluding hydrogens is 388 g/mol. The Morgan fingerprint density at radius 1 is 1.24 bits per heavy atom. The summed E-state index contributed by atoms with van der Waals surface area (Å²) >= 11 is 0. The zero-order valence-corrected chi connectivity index (χ0v) is 15.6. The third-order valence-corrected chi connectivity index (χ3v) is 5.08. The molecule has 1 aliphatic heterocycles. The van der Waals surface area contributed by atoms with Gasteiger partial charge < -0.3 is 4.90 Å². The van der Waals surface area contributed by atoms with E-state index in [4.69, 9.17) is 0 Å². The van der Waals surface area contributed by atoms with Gasteiger partial charge in [0.05, 0.1) is 18.2 Å². The van der Waals surface area contributed by atoms with Crippen molar-refractivity contribution in [3.63, 3.8) is 0 Å². The number of alkyl halides is 3. The maximum atomic E-state index is 13.9. The monoisotopic (exact) mass is 406 g/mol. The molecule has 1 aliphatic rings. The van der Waals surface area contributed by atoms with Gasteiger partial charge in [-0.05, 0) is 37.5 Å². The number of aryl methyl sites for hydroxylation is 1. The molecular formula is C20H18F4N4O. The fourth-order valence-corrected chi connectivity index (χ4v) is 3.76. The van der Waals surface area contributed by atoms with Gasteiger partial charge in [0.1, 0.15) is 11.5 Å². The van der Waals surface area contributed by atoms with Gasteiger partial charge in [0, 0.05) is 18.3 Å². The minimum absolute atomic E-state index is 0.0840. The number of hydrogen-bond donors (Lipinski definition) is 0. The first-order valence-corrected chi connectivity index (χ1v) is 9.21. The van der Waals surface area contributed by atoms with Gasteiger partial charge in [-0.25, -0.2) is 13.9 Å². The number of nitrogens with zero attached hydrogens (tertiary/aromatic N) is 4. The largest absolute Gasteiger partial charge is 0.433 e. The van der Waals surface area contributed by atoms with Crippen molar-refractivity contribution in [1.82, 2.24) is 19.5 Å². The normalized spacial score (nSPS) is 17.3. The molecule has 5 nitrogen and oxygen atoms in total. The standard InChI is InChI=1S/C20H18F4N4O/c1-12-9-17(20(22,23)24)28-18(25-12)11-15(26-28)16-7-4-8-27(16)19(29)10-13-5-2-3-6-14(13)21/h2-3,5-6,9,11,16H,4,7-8,10H2,1H3/t16-/m1/s1. The number of fused-ring (bicyclic) bond motifs is 1. The van der Waals surface area contributed by atoms with E-state index in [-0.39, 0.29) is 29.2 Å². The molecule has 0 spiro atoms. The topological polar surface area (TPSA) is 50.5 Å². The molecule has 9 heteroatoms. The predicted octanol–water partition coefficient (Wildman–Crippen LogP) is 4.10. The number of carbonyl (C=O) groups excluding carboxylic acids is 1. The lowest BCUT2D eigenvalue weighted by molar-refractivity contribution is -0.142. The number of rotatable bonds is 3. The van der Waals surface area contributed by atoms with E-state index in [0.717, 1.165) is 10.6 Å². The van der Waals surface area contributed by atoms with Gasteiger partial charge in [-0.3, -0.25) is 4.79 Å². The van der Waals surface area contributed by atoms with Gasteiger partial charge in [0.15, 0.2) is 5.65 Å². The van der Waals surface area contributed by atoms with Gasteiger partial charge in [-0.15, -0.1) is 0 Å². The van der Waals surface area contributed by atoms with Crippen LogP contribution in [0.15, 0.2) is 36.4 Å². The van der Waals surface area contributed by atoms with Crippen molar-refractivity contribution in [1.29, 1.82) is 0 Å². The second-order valence-corrected chi connectivity index (χ2v) is 7.13. The molecule has 29 heavy (non-hydrogen) atoms. The number of likely N-dealkylation sites (tertiary alicyclic amines) is 1. The number of hydrogen-bond acceptors (Lipinski definition) is 3. The van der Waals surface area contributed by atoms with Gasteiger partial charge in [0.2, 0.25) is 5.91 Å². The lowest BCUT2D eigenvalue weighted by Crippen LogP contribution is -2.32. The first-order valence-electron chi connectivity index (χ1n) is 9.21. The number of benzene rings is 1. The average molecular weight is 406 g/mol. The van der Waals surface area contributed by atoms with E-state index in [2.05, 4.69) is 10.1 Å². The Hall–Kier alpha value is -2.97. The summed E-state index contributed by atoms with van der Waals surface area (Å²) in [5, 5.41) is 4.13. The van der Waals surface area contributed by atoms with E-state index in [9.17, 15) is 22.4 Å². The molecule has 152 valence electrons. The Balaban J connectivity index is 1.66. The Labute approximate surface area is 164 Å². The molecule has 0 bridgehead atoms. The molecule has 0 radical (unpaired) electrons. The van der Waals surface area contributed by atoms with E-state index in [0.29, 0.717) is 25.1 Å². The van der Waals surface area contributed by atoms with Crippen LogP contribution < -0.4 is 0 Å². The minimum atomic E-state index is -4.58. The summed E-state index contributed by atoms with van der Waals surface area (Å²) in [7, 11) is 0. The van der Waals surface area contributed by atoms with Crippen LogP contribution >= 0.6 is 0 Å². The number of halogens is 4. The van der Waals surface area contributed by atoms with Gasteiger partial charge in [-0.1, -0.05) is 18.2 Å². The van der Waals surface area contributed by atoms with E-state index >= 15 is 0 Å². The van der Waals surface area contributed by atoms with Gasteiger partial charge in [0.25, 0.3) is 0 Å². The highest BCUT2D eigenvalue weighted by molar-refractivity contribution is 5.79. The van der Waals surface area contributed by atoms with E-state index in [1.165, 1.54) is 19.1 Å². The van der Waals surface area contributed by atoms with Crippen molar-refractivity contribution in [2.45, 2.75) is 38.4 Å². The molecule has 2 aromatic heterocycles. The quantitative estimate of drug-likeness (QED) is 0.616. The maximum absolute atomic E-state index is 13.9. The summed E-state index contributed by atoms with van der Waals surface area (Å²) < 4.78 is 54.8. The van der Waals surface area contributed by atoms with Crippen LogP contribution in [-0.4, -0.2) is 31.9 Å². The van der Waals surface area contributed by atoms with Crippen LogP contribution in [0.4, 0.5) is 17.6 Å². The molecule has 0 unspecified atom stereocenters. The van der Waals surface area contributed by atoms with Crippen molar-refractivity contribution in [3.8, 4) is 0 Å². The summed E-state index contributed by atoms with van der Waals surface area (Å²) in [4.78, 5) is 18.5. The van der Waals surface area contributed by atoms with Crippen LogP contribution in [0, 0.1) is 12.7 Å². The molecule has 3 heterocycles. The molecule has 4 rings (SSSR count). The van der Waals surface area contributed by atoms with E-state index in [1.807, 2.05) is 0 Å². The number of aromatic nitrogens is 3. The van der Waals surface area contributed by atoms with E-state index in [1.54, 1.807) is 23.1 Å². The third-order valence-electron chi connectivity index (χ3n) is 5.08. The molecule has 3 aromatic rings. The lowest BCUT2D eigenvalue weighted by Gasteiger charge is -2.23. The van der Waals surface area contributed by atoms with Crippen molar-refractivity contribution in [3.05, 3.63) is 64.9 Å². The summed E-state index contributed by atoms with van der Waals surface area (Å²) in [5.41, 5.74) is 0.0483. The Morgan fingerprint density at radius 3 is 2.72 bits per heavy atom. The van der Waals surface area contributed by atoms with Gasteiger partial charge >= 0.3 is 6.18 Å². The predicted molar refractivity (Wildman–Crippen MR) is 96.5 cm³/mol. The Bertz CT molecular complexity index is 1080. The van der Waals surface area contributed by atoms with Gasteiger partial charge in [-0.2, -0.15) is 18.3 Å². The second-order valence-electron chi connectivity index (χ2n) is 7.13. The first kappa shape index (κ1) is 19.4. The third kappa shape index (κ3) is 3.68. The lowest BCUT2D eigenvalue weighted by atomic mass is 10.1. The second kappa shape index (κ2) is 7.13. The first-order chi connectivity index (χ1) is 13.7. The highest BCUT2D eigenvalue weighted by atomic mass is 19.4.